The summed E-state index contributed by atoms with van der Waals surface area (Å²) in [6, 6.07) is 13.3. The first-order valence-electron chi connectivity index (χ1n) is 6.67. The van der Waals surface area contributed by atoms with Crippen LogP contribution in [-0.4, -0.2) is 21.3 Å². The molecule has 3 rings (SSSR count). The summed E-state index contributed by atoms with van der Waals surface area (Å²) in [4.78, 5) is 4.65. The van der Waals surface area contributed by atoms with Crippen LogP contribution in [0.25, 0.3) is 11.0 Å². The fraction of sp³-hybridized carbons (Fsp3) is 0.188. The van der Waals surface area contributed by atoms with E-state index in [2.05, 4.69) is 4.98 Å². The van der Waals surface area contributed by atoms with Gasteiger partial charge in [-0.2, -0.15) is 0 Å². The molecule has 3 nitrogen and oxygen atoms in total. The molecular formula is C16H14Cl2N2O. The number of benzene rings is 2. The van der Waals surface area contributed by atoms with Gasteiger partial charge in [-0.15, -0.1) is 0 Å². The van der Waals surface area contributed by atoms with Crippen molar-refractivity contribution < 1.29 is 5.11 Å². The highest BCUT2D eigenvalue weighted by Gasteiger charge is 2.11. The largest absolute Gasteiger partial charge is 0.395 e. The average molecular weight is 321 g/mol. The second kappa shape index (κ2) is 6.06. The molecule has 0 aliphatic heterocycles. The van der Waals surface area contributed by atoms with Gasteiger partial charge in [0.2, 0.25) is 0 Å². The fourth-order valence-corrected chi connectivity index (χ4v) is 2.71. The molecule has 0 atom stereocenters. The first-order valence-corrected chi connectivity index (χ1v) is 7.43. The highest BCUT2D eigenvalue weighted by atomic mass is 35.5. The number of halogens is 2. The lowest BCUT2D eigenvalue weighted by Gasteiger charge is -2.07. The van der Waals surface area contributed by atoms with Crippen molar-refractivity contribution in [1.82, 2.24) is 9.55 Å². The van der Waals surface area contributed by atoms with Crippen LogP contribution in [0.4, 0.5) is 0 Å². The zero-order chi connectivity index (χ0) is 14.8. The molecule has 5 heteroatoms. The Hall–Kier alpha value is -1.55. The van der Waals surface area contributed by atoms with Gasteiger partial charge in [-0.1, -0.05) is 35.3 Å². The minimum absolute atomic E-state index is 0.0611. The van der Waals surface area contributed by atoms with Gasteiger partial charge < -0.3 is 9.67 Å². The average Bonchev–Trinajstić information content (AvgIpc) is 2.79. The van der Waals surface area contributed by atoms with Crippen LogP contribution in [0.15, 0.2) is 42.5 Å². The van der Waals surface area contributed by atoms with Gasteiger partial charge in [-0.25, -0.2) is 4.98 Å². The third-order valence-corrected chi connectivity index (χ3v) is 3.88. The number of aliphatic hydroxyl groups excluding tert-OH is 1. The van der Waals surface area contributed by atoms with Crippen molar-refractivity contribution >= 4 is 34.2 Å². The van der Waals surface area contributed by atoms with Crippen LogP contribution in [0.1, 0.15) is 11.4 Å². The number of hydrogen-bond acceptors (Lipinski definition) is 2. The van der Waals surface area contributed by atoms with E-state index in [-0.39, 0.29) is 6.61 Å². The molecule has 1 N–H and O–H groups in total. The summed E-state index contributed by atoms with van der Waals surface area (Å²) in [5.74, 6) is 0.906. The Balaban J connectivity index is 2.04. The third-order valence-electron chi connectivity index (χ3n) is 3.39. The minimum atomic E-state index is 0.0611. The summed E-state index contributed by atoms with van der Waals surface area (Å²) in [5.41, 5.74) is 2.96. The number of rotatable bonds is 4. The van der Waals surface area contributed by atoms with E-state index >= 15 is 0 Å². The molecule has 0 saturated carbocycles. The molecule has 0 unspecified atom stereocenters. The van der Waals surface area contributed by atoms with Crippen LogP contribution in [-0.2, 0) is 13.0 Å². The zero-order valence-corrected chi connectivity index (χ0v) is 12.8. The van der Waals surface area contributed by atoms with Gasteiger partial charge in [0.1, 0.15) is 5.82 Å². The Morgan fingerprint density at radius 3 is 2.43 bits per heavy atom. The van der Waals surface area contributed by atoms with E-state index in [1.807, 2.05) is 47.0 Å². The van der Waals surface area contributed by atoms with E-state index in [9.17, 15) is 5.11 Å². The number of aliphatic hydroxyl groups is 1. The van der Waals surface area contributed by atoms with Crippen molar-refractivity contribution in [3.8, 4) is 0 Å². The lowest BCUT2D eigenvalue weighted by Crippen LogP contribution is -2.07. The molecule has 2 aromatic carbocycles. The van der Waals surface area contributed by atoms with E-state index in [1.165, 1.54) is 0 Å². The summed E-state index contributed by atoms with van der Waals surface area (Å²) < 4.78 is 2.01. The number of nitrogens with zero attached hydrogens (tertiary/aromatic N) is 2. The summed E-state index contributed by atoms with van der Waals surface area (Å²) in [6.07, 6.45) is 0.684. The number of imidazole rings is 1. The van der Waals surface area contributed by atoms with Crippen molar-refractivity contribution in [3.05, 3.63) is 63.9 Å². The molecule has 0 aliphatic rings. The Labute approximate surface area is 132 Å². The molecule has 0 radical (unpaired) electrons. The molecule has 0 fully saturated rings. The Bertz CT molecular complexity index is 766. The molecule has 0 amide bonds. The van der Waals surface area contributed by atoms with Crippen LogP contribution < -0.4 is 0 Å². The molecule has 3 aromatic rings. The second-order valence-electron chi connectivity index (χ2n) is 4.84. The van der Waals surface area contributed by atoms with Gasteiger partial charge in [0.25, 0.3) is 0 Å². The van der Waals surface area contributed by atoms with E-state index < -0.39 is 0 Å². The summed E-state index contributed by atoms with van der Waals surface area (Å²) >= 11 is 12.0. The van der Waals surface area contributed by atoms with E-state index in [0.29, 0.717) is 18.0 Å². The van der Waals surface area contributed by atoms with Gasteiger partial charge in [0, 0.05) is 23.0 Å². The fourth-order valence-electron chi connectivity index (χ4n) is 2.42. The van der Waals surface area contributed by atoms with E-state index in [4.69, 9.17) is 23.2 Å². The molecule has 0 spiro atoms. The molecule has 0 saturated heterocycles. The van der Waals surface area contributed by atoms with Crippen LogP contribution >= 0.6 is 23.2 Å². The minimum Gasteiger partial charge on any atom is -0.395 e. The van der Waals surface area contributed by atoms with Gasteiger partial charge >= 0.3 is 0 Å². The van der Waals surface area contributed by atoms with Gasteiger partial charge in [-0.05, 0) is 35.9 Å². The summed E-state index contributed by atoms with van der Waals surface area (Å²) in [7, 11) is 0. The van der Waals surface area contributed by atoms with Crippen LogP contribution in [0, 0.1) is 0 Å². The normalized spacial score (nSPS) is 11.2. The third kappa shape index (κ3) is 3.05. The van der Waals surface area contributed by atoms with Crippen molar-refractivity contribution in [2.24, 2.45) is 0 Å². The predicted octanol–water partition coefficient (Wildman–Crippen LogP) is 3.93. The molecule has 0 aliphatic carbocycles. The number of fused-ring (bicyclic) bond motifs is 1. The second-order valence-corrected chi connectivity index (χ2v) is 5.71. The number of hydrogen-bond donors (Lipinski definition) is 1. The van der Waals surface area contributed by atoms with E-state index in [1.54, 1.807) is 0 Å². The Morgan fingerprint density at radius 2 is 1.71 bits per heavy atom. The van der Waals surface area contributed by atoms with Crippen molar-refractivity contribution in [3.63, 3.8) is 0 Å². The van der Waals surface area contributed by atoms with Gasteiger partial charge in [-0.3, -0.25) is 0 Å². The molecule has 0 bridgehead atoms. The maximum absolute atomic E-state index is 9.29. The first kappa shape index (κ1) is 14.4. The quantitative estimate of drug-likeness (QED) is 0.791. The first-order chi connectivity index (χ1) is 10.2. The summed E-state index contributed by atoms with van der Waals surface area (Å²) in [6.45, 7) is 0.561. The highest BCUT2D eigenvalue weighted by Crippen LogP contribution is 2.22. The standard InChI is InChI=1S/C16H14Cl2N2O/c17-12-3-1-11(2-4-12)9-16-19-14-6-5-13(18)10-15(14)20(16)7-8-21/h1-6,10,21H,7-9H2. The van der Waals surface area contributed by atoms with Crippen molar-refractivity contribution in [1.29, 1.82) is 0 Å². The number of aromatic nitrogens is 2. The maximum Gasteiger partial charge on any atom is 0.114 e. The van der Waals surface area contributed by atoms with Crippen molar-refractivity contribution in [2.75, 3.05) is 6.61 Å². The van der Waals surface area contributed by atoms with Crippen molar-refractivity contribution in [2.45, 2.75) is 13.0 Å². The topological polar surface area (TPSA) is 38.0 Å². The monoisotopic (exact) mass is 320 g/mol. The molecule has 1 heterocycles. The lowest BCUT2D eigenvalue weighted by molar-refractivity contribution is 0.276. The molecule has 21 heavy (non-hydrogen) atoms. The molecular weight excluding hydrogens is 307 g/mol. The van der Waals surface area contributed by atoms with Crippen LogP contribution in [0.5, 0.6) is 0 Å². The summed E-state index contributed by atoms with van der Waals surface area (Å²) in [5, 5.41) is 10.7. The smallest absolute Gasteiger partial charge is 0.114 e. The van der Waals surface area contributed by atoms with Gasteiger partial charge in [0.15, 0.2) is 0 Å². The Morgan fingerprint density at radius 1 is 1.00 bits per heavy atom. The highest BCUT2D eigenvalue weighted by molar-refractivity contribution is 6.31. The van der Waals surface area contributed by atoms with E-state index in [0.717, 1.165) is 27.4 Å². The predicted molar refractivity (Wildman–Crippen MR) is 86.1 cm³/mol. The SMILES string of the molecule is OCCn1c(Cc2ccc(Cl)cc2)nc2ccc(Cl)cc21. The lowest BCUT2D eigenvalue weighted by atomic mass is 10.1. The van der Waals surface area contributed by atoms with Crippen LogP contribution in [0.3, 0.4) is 0 Å². The molecule has 1 aromatic heterocycles. The zero-order valence-electron chi connectivity index (χ0n) is 11.3. The maximum atomic E-state index is 9.29. The Kier molecular flexibility index (Phi) is 4.15. The van der Waals surface area contributed by atoms with Crippen LogP contribution in [0.2, 0.25) is 10.0 Å². The molecule has 108 valence electrons. The van der Waals surface area contributed by atoms with Gasteiger partial charge in [0.05, 0.1) is 17.6 Å².